The van der Waals surface area contributed by atoms with Crippen molar-refractivity contribution in [2.45, 2.75) is 25.4 Å². The highest BCUT2D eigenvalue weighted by molar-refractivity contribution is 5.91. The molecule has 2 aromatic rings. The standard InChI is InChI=1S/C17H18O4/c18-15(8-2-1-3-9-17(20)21)14-10-11-16(19)13-7-5-4-6-12(13)14/h3-7,9-11,15,18-19H,1-2,8H2,(H,20,21)/b9-3+/t15-/m1/s1. The lowest BCUT2D eigenvalue weighted by Gasteiger charge is -2.14. The molecule has 110 valence electrons. The lowest BCUT2D eigenvalue weighted by Crippen LogP contribution is -1.98. The van der Waals surface area contributed by atoms with Gasteiger partial charge in [0.25, 0.3) is 0 Å². The van der Waals surface area contributed by atoms with Gasteiger partial charge in [-0.3, -0.25) is 0 Å². The van der Waals surface area contributed by atoms with Crippen LogP contribution in [0.5, 0.6) is 5.75 Å². The van der Waals surface area contributed by atoms with Crippen LogP contribution in [0.3, 0.4) is 0 Å². The Balaban J connectivity index is 2.08. The topological polar surface area (TPSA) is 77.8 Å². The van der Waals surface area contributed by atoms with Crippen LogP contribution in [-0.2, 0) is 4.79 Å². The van der Waals surface area contributed by atoms with Crippen LogP contribution in [0.1, 0.15) is 30.9 Å². The van der Waals surface area contributed by atoms with E-state index in [4.69, 9.17) is 5.11 Å². The van der Waals surface area contributed by atoms with Crippen molar-refractivity contribution in [1.82, 2.24) is 0 Å². The number of aromatic hydroxyl groups is 1. The Kier molecular flexibility index (Phi) is 4.95. The maximum absolute atomic E-state index is 10.3. The molecule has 3 N–H and O–H groups in total. The fraction of sp³-hybridized carbons (Fsp3) is 0.235. The van der Waals surface area contributed by atoms with Crippen molar-refractivity contribution in [2.75, 3.05) is 0 Å². The van der Waals surface area contributed by atoms with Crippen molar-refractivity contribution in [3.05, 3.63) is 54.1 Å². The monoisotopic (exact) mass is 286 g/mol. The summed E-state index contributed by atoms with van der Waals surface area (Å²) in [7, 11) is 0. The van der Waals surface area contributed by atoms with Gasteiger partial charge in [-0.05, 0) is 36.3 Å². The smallest absolute Gasteiger partial charge is 0.327 e. The number of aliphatic hydroxyl groups is 1. The van der Waals surface area contributed by atoms with Crippen molar-refractivity contribution in [3.63, 3.8) is 0 Å². The molecule has 0 unspecified atom stereocenters. The summed E-state index contributed by atoms with van der Waals surface area (Å²) in [5.74, 6) is -0.758. The number of aliphatic carboxylic acids is 1. The number of hydrogen-bond donors (Lipinski definition) is 3. The highest BCUT2D eigenvalue weighted by atomic mass is 16.4. The highest BCUT2D eigenvalue weighted by Crippen LogP contribution is 2.32. The number of carboxylic acids is 1. The minimum Gasteiger partial charge on any atom is -0.507 e. The molecule has 0 bridgehead atoms. The van der Waals surface area contributed by atoms with Crippen LogP contribution in [-0.4, -0.2) is 21.3 Å². The third kappa shape index (κ3) is 3.83. The Morgan fingerprint density at radius 1 is 1.14 bits per heavy atom. The number of hydrogen-bond acceptors (Lipinski definition) is 3. The molecular weight excluding hydrogens is 268 g/mol. The van der Waals surface area contributed by atoms with E-state index in [1.807, 2.05) is 24.3 Å². The predicted octanol–water partition coefficient (Wildman–Crippen LogP) is 3.39. The van der Waals surface area contributed by atoms with E-state index in [2.05, 4.69) is 0 Å². The molecule has 21 heavy (non-hydrogen) atoms. The van der Waals surface area contributed by atoms with Gasteiger partial charge in [-0.25, -0.2) is 4.79 Å². The second-order valence-electron chi connectivity index (χ2n) is 4.91. The Labute approximate surface area is 123 Å². The van der Waals surface area contributed by atoms with Gasteiger partial charge in [-0.1, -0.05) is 36.4 Å². The van der Waals surface area contributed by atoms with Gasteiger partial charge in [0.1, 0.15) is 5.75 Å². The van der Waals surface area contributed by atoms with Crippen molar-refractivity contribution < 1.29 is 20.1 Å². The number of carbonyl (C=O) groups is 1. The molecule has 0 amide bonds. The fourth-order valence-corrected chi connectivity index (χ4v) is 2.37. The van der Waals surface area contributed by atoms with Gasteiger partial charge in [-0.15, -0.1) is 0 Å². The SMILES string of the molecule is O=C(O)/C=C/CCC[C@@H](O)c1ccc(O)c2ccccc12. The number of benzene rings is 2. The zero-order chi connectivity index (χ0) is 15.2. The summed E-state index contributed by atoms with van der Waals surface area (Å²) in [5, 5.41) is 30.2. The van der Waals surface area contributed by atoms with Crippen LogP contribution in [0.25, 0.3) is 10.8 Å². The Morgan fingerprint density at radius 3 is 2.57 bits per heavy atom. The van der Waals surface area contributed by atoms with Gasteiger partial charge in [0.15, 0.2) is 0 Å². The van der Waals surface area contributed by atoms with Crippen LogP contribution < -0.4 is 0 Å². The quantitative estimate of drug-likeness (QED) is 0.562. The molecule has 2 aromatic carbocycles. The first-order valence-electron chi connectivity index (χ1n) is 6.87. The Hall–Kier alpha value is -2.33. The molecule has 0 aliphatic rings. The molecule has 0 aliphatic carbocycles. The predicted molar refractivity (Wildman–Crippen MR) is 81.2 cm³/mol. The van der Waals surface area contributed by atoms with Crippen molar-refractivity contribution in [1.29, 1.82) is 0 Å². The minimum atomic E-state index is -0.958. The number of rotatable bonds is 6. The number of allylic oxidation sites excluding steroid dienone is 1. The molecule has 0 radical (unpaired) electrons. The van der Waals surface area contributed by atoms with E-state index in [1.165, 1.54) is 0 Å². The van der Waals surface area contributed by atoms with E-state index in [-0.39, 0.29) is 5.75 Å². The second-order valence-corrected chi connectivity index (χ2v) is 4.91. The maximum Gasteiger partial charge on any atom is 0.327 e. The normalized spacial score (nSPS) is 12.8. The van der Waals surface area contributed by atoms with Crippen LogP contribution >= 0.6 is 0 Å². The van der Waals surface area contributed by atoms with E-state index in [0.717, 1.165) is 22.4 Å². The fourth-order valence-electron chi connectivity index (χ4n) is 2.37. The Morgan fingerprint density at radius 2 is 1.86 bits per heavy atom. The zero-order valence-electron chi connectivity index (χ0n) is 11.6. The van der Waals surface area contributed by atoms with Crippen molar-refractivity contribution >= 4 is 16.7 Å². The molecule has 0 aromatic heterocycles. The number of phenolic OH excluding ortho intramolecular Hbond substituents is 1. The van der Waals surface area contributed by atoms with Gasteiger partial charge in [0, 0.05) is 11.5 Å². The Bertz CT molecular complexity index is 661. The van der Waals surface area contributed by atoms with Gasteiger partial charge in [-0.2, -0.15) is 0 Å². The summed E-state index contributed by atoms with van der Waals surface area (Å²) in [5.41, 5.74) is 0.783. The van der Waals surface area contributed by atoms with Gasteiger partial charge in [0.2, 0.25) is 0 Å². The lowest BCUT2D eigenvalue weighted by atomic mass is 9.97. The molecule has 1 atom stereocenters. The van der Waals surface area contributed by atoms with E-state index in [9.17, 15) is 15.0 Å². The summed E-state index contributed by atoms with van der Waals surface area (Å²) in [6, 6.07) is 10.7. The molecule has 0 saturated heterocycles. The number of phenols is 1. The van der Waals surface area contributed by atoms with Crippen molar-refractivity contribution in [2.24, 2.45) is 0 Å². The molecule has 0 aliphatic heterocycles. The largest absolute Gasteiger partial charge is 0.507 e. The summed E-state index contributed by atoms with van der Waals surface area (Å²) in [6.07, 6.45) is 3.92. The zero-order valence-corrected chi connectivity index (χ0v) is 11.6. The average molecular weight is 286 g/mol. The first-order chi connectivity index (χ1) is 10.1. The molecule has 4 nitrogen and oxygen atoms in total. The second kappa shape index (κ2) is 6.90. The van der Waals surface area contributed by atoms with E-state index >= 15 is 0 Å². The third-order valence-electron chi connectivity index (χ3n) is 3.40. The van der Waals surface area contributed by atoms with Crippen molar-refractivity contribution in [3.8, 4) is 5.75 Å². The molecule has 2 rings (SSSR count). The molecule has 0 spiro atoms. The summed E-state index contributed by atoms with van der Waals surface area (Å²) < 4.78 is 0. The average Bonchev–Trinajstić information content (AvgIpc) is 2.47. The van der Waals surface area contributed by atoms with E-state index in [1.54, 1.807) is 18.2 Å². The minimum absolute atomic E-state index is 0.200. The molecule has 4 heteroatoms. The highest BCUT2D eigenvalue weighted by Gasteiger charge is 2.12. The number of fused-ring (bicyclic) bond motifs is 1. The number of unbranched alkanes of at least 4 members (excludes halogenated alkanes) is 1. The van der Waals surface area contributed by atoms with Gasteiger partial charge >= 0.3 is 5.97 Å². The summed E-state index contributed by atoms with van der Waals surface area (Å²) in [6.45, 7) is 0. The molecular formula is C17H18O4. The van der Waals surface area contributed by atoms with Crippen LogP contribution in [0, 0.1) is 0 Å². The number of aliphatic hydroxyl groups excluding tert-OH is 1. The van der Waals surface area contributed by atoms with E-state index in [0.29, 0.717) is 19.3 Å². The number of carboxylic acid groups (broad SMARTS) is 1. The molecule has 0 heterocycles. The summed E-state index contributed by atoms with van der Waals surface area (Å²) >= 11 is 0. The van der Waals surface area contributed by atoms with Gasteiger partial charge < -0.3 is 15.3 Å². The van der Waals surface area contributed by atoms with Crippen LogP contribution in [0.15, 0.2) is 48.6 Å². The molecule has 0 saturated carbocycles. The molecule has 0 fully saturated rings. The maximum atomic E-state index is 10.3. The lowest BCUT2D eigenvalue weighted by molar-refractivity contribution is -0.131. The third-order valence-corrected chi connectivity index (χ3v) is 3.40. The van der Waals surface area contributed by atoms with Crippen LogP contribution in [0.4, 0.5) is 0 Å². The first-order valence-corrected chi connectivity index (χ1v) is 6.87. The van der Waals surface area contributed by atoms with Gasteiger partial charge in [0.05, 0.1) is 6.10 Å². The van der Waals surface area contributed by atoms with Crippen LogP contribution in [0.2, 0.25) is 0 Å². The first kappa shape index (κ1) is 15.1. The van der Waals surface area contributed by atoms with E-state index < -0.39 is 12.1 Å². The summed E-state index contributed by atoms with van der Waals surface area (Å²) in [4.78, 5) is 10.3.